The van der Waals surface area contributed by atoms with Gasteiger partial charge in [0.2, 0.25) is 5.76 Å². The summed E-state index contributed by atoms with van der Waals surface area (Å²) in [5, 5.41) is 0.601. The zero-order valence-electron chi connectivity index (χ0n) is 14.8. The number of nitrogens with zero attached hydrogens (tertiary/aromatic N) is 2. The van der Waals surface area contributed by atoms with Gasteiger partial charge in [0, 0.05) is 10.4 Å². The van der Waals surface area contributed by atoms with Gasteiger partial charge in [-0.05, 0) is 24.1 Å². The SMILES string of the molecule is COC(=O)c1occc1Cn1cnc2sc(-c3ccccc3)c(C)c2c1=O. The molecule has 27 heavy (non-hydrogen) atoms. The molecule has 7 heteroatoms. The lowest BCUT2D eigenvalue weighted by molar-refractivity contribution is 0.0563. The Bertz CT molecular complexity index is 1190. The number of thiophene rings is 1. The summed E-state index contributed by atoms with van der Waals surface area (Å²) in [4.78, 5) is 31.0. The average molecular weight is 380 g/mol. The molecule has 0 unspecified atom stereocenters. The number of esters is 1. The van der Waals surface area contributed by atoms with E-state index >= 15 is 0 Å². The smallest absolute Gasteiger partial charge is 0.374 e. The number of fused-ring (bicyclic) bond motifs is 1. The molecule has 0 fully saturated rings. The number of carbonyl (C=O) groups is 1. The Morgan fingerprint density at radius 3 is 2.78 bits per heavy atom. The van der Waals surface area contributed by atoms with Gasteiger partial charge < -0.3 is 9.15 Å². The Labute approximate surface area is 158 Å². The minimum absolute atomic E-state index is 0.0940. The highest BCUT2D eigenvalue weighted by Gasteiger charge is 2.19. The highest BCUT2D eigenvalue weighted by Crippen LogP contribution is 2.35. The standard InChI is InChI=1S/C20H16N2O4S/c1-12-15-18(27-17(12)13-6-4-3-5-7-13)21-11-22(19(15)23)10-14-8-9-26-16(14)20(24)25-2/h3-9,11H,10H2,1-2H3. The third-order valence-electron chi connectivity index (χ3n) is 4.41. The molecule has 0 spiro atoms. The molecule has 0 aliphatic rings. The van der Waals surface area contributed by atoms with Crippen LogP contribution in [0.3, 0.4) is 0 Å². The number of methoxy groups -OCH3 is 1. The van der Waals surface area contributed by atoms with Crippen LogP contribution in [0.25, 0.3) is 20.7 Å². The van der Waals surface area contributed by atoms with Crippen LogP contribution in [0.2, 0.25) is 0 Å². The second-order valence-electron chi connectivity index (χ2n) is 6.05. The first-order valence-electron chi connectivity index (χ1n) is 8.28. The molecular formula is C20H16N2O4S. The largest absolute Gasteiger partial charge is 0.463 e. The monoisotopic (exact) mass is 380 g/mol. The first-order chi connectivity index (χ1) is 13.1. The summed E-state index contributed by atoms with van der Waals surface area (Å²) < 4.78 is 11.4. The molecule has 1 aromatic carbocycles. The van der Waals surface area contributed by atoms with Crippen LogP contribution in [0.4, 0.5) is 0 Å². The summed E-state index contributed by atoms with van der Waals surface area (Å²) in [7, 11) is 1.29. The van der Waals surface area contributed by atoms with Gasteiger partial charge in [0.25, 0.3) is 5.56 Å². The minimum atomic E-state index is -0.574. The van der Waals surface area contributed by atoms with Crippen molar-refractivity contribution < 1.29 is 13.9 Å². The van der Waals surface area contributed by atoms with Crippen molar-refractivity contribution in [2.24, 2.45) is 0 Å². The summed E-state index contributed by atoms with van der Waals surface area (Å²) in [5.41, 5.74) is 2.40. The molecule has 0 aliphatic carbocycles. The van der Waals surface area contributed by atoms with Gasteiger partial charge in [0.1, 0.15) is 4.83 Å². The van der Waals surface area contributed by atoms with E-state index in [0.717, 1.165) is 16.0 Å². The fourth-order valence-corrected chi connectivity index (χ4v) is 4.20. The van der Waals surface area contributed by atoms with Gasteiger partial charge >= 0.3 is 5.97 Å². The Balaban J connectivity index is 1.80. The number of aromatic nitrogens is 2. The number of hydrogen-bond acceptors (Lipinski definition) is 6. The van der Waals surface area contributed by atoms with Crippen molar-refractivity contribution in [3.63, 3.8) is 0 Å². The Morgan fingerprint density at radius 2 is 2.04 bits per heavy atom. The second kappa shape index (κ2) is 6.85. The van der Waals surface area contributed by atoms with Crippen LogP contribution in [-0.4, -0.2) is 22.6 Å². The normalized spacial score (nSPS) is 11.0. The maximum atomic E-state index is 13.1. The zero-order chi connectivity index (χ0) is 19.0. The van der Waals surface area contributed by atoms with Crippen molar-refractivity contribution in [1.29, 1.82) is 0 Å². The van der Waals surface area contributed by atoms with Crippen LogP contribution < -0.4 is 5.56 Å². The first-order valence-corrected chi connectivity index (χ1v) is 9.10. The number of furan rings is 1. The fourth-order valence-electron chi connectivity index (χ4n) is 3.05. The van der Waals surface area contributed by atoms with Crippen LogP contribution >= 0.6 is 11.3 Å². The van der Waals surface area contributed by atoms with Crippen molar-refractivity contribution in [2.75, 3.05) is 7.11 Å². The number of hydrogen-bond donors (Lipinski definition) is 0. The van der Waals surface area contributed by atoms with E-state index < -0.39 is 5.97 Å². The number of carbonyl (C=O) groups excluding carboxylic acids is 1. The summed E-state index contributed by atoms with van der Waals surface area (Å²) in [6, 6.07) is 11.6. The van der Waals surface area contributed by atoms with Crippen LogP contribution in [0.5, 0.6) is 0 Å². The molecule has 0 saturated carbocycles. The van der Waals surface area contributed by atoms with E-state index in [1.165, 1.54) is 35.6 Å². The molecule has 4 aromatic rings. The second-order valence-corrected chi connectivity index (χ2v) is 7.05. The lowest BCUT2D eigenvalue weighted by atomic mass is 10.1. The average Bonchev–Trinajstić information content (AvgIpc) is 3.29. The van der Waals surface area contributed by atoms with Crippen molar-refractivity contribution in [3.8, 4) is 10.4 Å². The number of rotatable bonds is 4. The van der Waals surface area contributed by atoms with Crippen LogP contribution in [0.1, 0.15) is 21.7 Å². The Hall–Kier alpha value is -3.19. The van der Waals surface area contributed by atoms with E-state index in [1.54, 1.807) is 6.07 Å². The van der Waals surface area contributed by atoms with Crippen LogP contribution in [-0.2, 0) is 11.3 Å². The van der Waals surface area contributed by atoms with E-state index in [1.807, 2.05) is 37.3 Å². The highest BCUT2D eigenvalue weighted by atomic mass is 32.1. The zero-order valence-corrected chi connectivity index (χ0v) is 15.6. The fraction of sp³-hybridized carbons (Fsp3) is 0.150. The van der Waals surface area contributed by atoms with E-state index in [9.17, 15) is 9.59 Å². The maximum absolute atomic E-state index is 13.1. The number of aryl methyl sites for hydroxylation is 1. The van der Waals surface area contributed by atoms with E-state index in [4.69, 9.17) is 9.15 Å². The van der Waals surface area contributed by atoms with Gasteiger partial charge in [0.15, 0.2) is 0 Å². The molecule has 0 saturated heterocycles. The van der Waals surface area contributed by atoms with E-state index in [-0.39, 0.29) is 17.9 Å². The molecule has 3 heterocycles. The summed E-state index contributed by atoms with van der Waals surface area (Å²) in [5.74, 6) is -0.480. The lowest BCUT2D eigenvalue weighted by Crippen LogP contribution is -2.21. The summed E-state index contributed by atoms with van der Waals surface area (Å²) in [6.07, 6.45) is 2.91. The van der Waals surface area contributed by atoms with Gasteiger partial charge in [-0.25, -0.2) is 9.78 Å². The molecule has 0 radical (unpaired) electrons. The van der Waals surface area contributed by atoms with Crippen molar-refractivity contribution in [2.45, 2.75) is 13.5 Å². The summed E-state index contributed by atoms with van der Waals surface area (Å²) in [6.45, 7) is 2.12. The third kappa shape index (κ3) is 2.96. The molecular weight excluding hydrogens is 364 g/mol. The van der Waals surface area contributed by atoms with Crippen molar-refractivity contribution in [1.82, 2.24) is 9.55 Å². The Morgan fingerprint density at radius 1 is 1.26 bits per heavy atom. The summed E-state index contributed by atoms with van der Waals surface area (Å²) >= 11 is 1.50. The third-order valence-corrected chi connectivity index (χ3v) is 5.66. The number of ether oxygens (including phenoxy) is 1. The molecule has 0 amide bonds. The first kappa shape index (κ1) is 17.2. The predicted molar refractivity (Wildman–Crippen MR) is 103 cm³/mol. The molecule has 0 bridgehead atoms. The topological polar surface area (TPSA) is 74.3 Å². The van der Waals surface area contributed by atoms with Crippen LogP contribution in [0, 0.1) is 6.92 Å². The molecule has 3 aromatic heterocycles. The predicted octanol–water partition coefficient (Wildman–Crippen LogP) is 3.86. The van der Waals surface area contributed by atoms with Gasteiger partial charge in [-0.15, -0.1) is 11.3 Å². The number of benzene rings is 1. The van der Waals surface area contributed by atoms with Crippen LogP contribution in [0.15, 0.2) is 58.2 Å². The van der Waals surface area contributed by atoms with Crippen molar-refractivity contribution >= 4 is 27.5 Å². The quantitative estimate of drug-likeness (QED) is 0.503. The molecule has 0 atom stereocenters. The van der Waals surface area contributed by atoms with Gasteiger partial charge in [-0.1, -0.05) is 30.3 Å². The maximum Gasteiger partial charge on any atom is 0.374 e. The Kier molecular flexibility index (Phi) is 4.37. The van der Waals surface area contributed by atoms with Gasteiger partial charge in [0.05, 0.1) is 31.6 Å². The highest BCUT2D eigenvalue weighted by molar-refractivity contribution is 7.22. The van der Waals surface area contributed by atoms with Gasteiger partial charge in [-0.3, -0.25) is 9.36 Å². The van der Waals surface area contributed by atoms with E-state index in [0.29, 0.717) is 15.8 Å². The molecule has 0 aliphatic heterocycles. The lowest BCUT2D eigenvalue weighted by Gasteiger charge is -2.05. The van der Waals surface area contributed by atoms with Crippen molar-refractivity contribution in [3.05, 3.63) is 76.2 Å². The van der Waals surface area contributed by atoms with Gasteiger partial charge in [-0.2, -0.15) is 0 Å². The molecule has 4 rings (SSSR count). The van der Waals surface area contributed by atoms with E-state index in [2.05, 4.69) is 4.98 Å². The molecule has 136 valence electrons. The molecule has 6 nitrogen and oxygen atoms in total. The minimum Gasteiger partial charge on any atom is -0.463 e. The molecule has 0 N–H and O–H groups in total.